The van der Waals surface area contributed by atoms with Crippen LogP contribution in [0.25, 0.3) is 131 Å². The summed E-state index contributed by atoms with van der Waals surface area (Å²) >= 11 is 0. The van der Waals surface area contributed by atoms with Crippen LogP contribution in [0.3, 0.4) is 0 Å². The lowest BCUT2D eigenvalue weighted by atomic mass is 9.81. The summed E-state index contributed by atoms with van der Waals surface area (Å²) in [6.45, 7) is 0. The molecule has 0 fully saturated rings. The predicted molar refractivity (Wildman–Crippen MR) is 244 cm³/mol. The molecule has 57 heavy (non-hydrogen) atoms. The van der Waals surface area contributed by atoms with E-state index in [9.17, 15) is 0 Å². The summed E-state index contributed by atoms with van der Waals surface area (Å²) in [7, 11) is 0. The lowest BCUT2D eigenvalue weighted by molar-refractivity contribution is 0.673. The zero-order valence-electron chi connectivity index (χ0n) is 30.9. The summed E-state index contributed by atoms with van der Waals surface area (Å²) < 4.78 is 6.83. The number of benzene rings is 12. The molecule has 0 aliphatic rings. The van der Waals surface area contributed by atoms with Gasteiger partial charge in [0.05, 0.1) is 0 Å². The molecule has 0 atom stereocenters. The Bertz CT molecular complexity index is 3680. The van der Waals surface area contributed by atoms with Crippen LogP contribution in [0, 0.1) is 0 Å². The molecule has 0 amide bonds. The van der Waals surface area contributed by atoms with Crippen molar-refractivity contribution in [3.63, 3.8) is 0 Å². The number of fused-ring (bicyclic) bond motifs is 9. The van der Waals surface area contributed by atoms with Crippen molar-refractivity contribution < 1.29 is 4.42 Å². The molecule has 1 heterocycles. The van der Waals surface area contributed by atoms with E-state index in [4.69, 9.17) is 4.42 Å². The molecule has 0 aliphatic carbocycles. The second-order valence-corrected chi connectivity index (χ2v) is 15.4. The van der Waals surface area contributed by atoms with Crippen molar-refractivity contribution in [3.8, 4) is 33.4 Å². The molecule has 0 N–H and O–H groups in total. The van der Waals surface area contributed by atoms with Gasteiger partial charge in [-0.3, -0.25) is 0 Å². The maximum Gasteiger partial charge on any atom is 0.143 e. The van der Waals surface area contributed by atoms with Gasteiger partial charge in [-0.25, -0.2) is 0 Å². The van der Waals surface area contributed by atoms with E-state index in [1.54, 1.807) is 0 Å². The topological polar surface area (TPSA) is 13.1 Å². The molecule has 12 aromatic carbocycles. The van der Waals surface area contributed by atoms with Gasteiger partial charge in [-0.15, -0.1) is 0 Å². The summed E-state index contributed by atoms with van der Waals surface area (Å²) in [5.41, 5.74) is 9.36. The zero-order chi connectivity index (χ0) is 37.2. The van der Waals surface area contributed by atoms with Gasteiger partial charge in [0.2, 0.25) is 0 Å². The lowest BCUT2D eigenvalue weighted by Gasteiger charge is -2.22. The highest BCUT2D eigenvalue weighted by Gasteiger charge is 2.24. The van der Waals surface area contributed by atoms with E-state index in [-0.39, 0.29) is 0 Å². The van der Waals surface area contributed by atoms with E-state index in [1.165, 1.54) is 114 Å². The Morgan fingerprint density at radius 1 is 0.246 bits per heavy atom. The molecule has 1 aromatic heterocycles. The van der Waals surface area contributed by atoms with Crippen molar-refractivity contribution in [2.24, 2.45) is 0 Å². The summed E-state index contributed by atoms with van der Waals surface area (Å²) in [6, 6.07) is 71.5. The van der Waals surface area contributed by atoms with Crippen LogP contribution in [0.5, 0.6) is 0 Å². The van der Waals surface area contributed by atoms with E-state index in [1.807, 2.05) is 0 Å². The van der Waals surface area contributed by atoms with Gasteiger partial charge in [0.1, 0.15) is 11.2 Å². The molecule has 0 unspecified atom stereocenters. The standard InChI is InChI=1S/C56H32O/c1-2-14-33(15-3-1)49-37-18-4-8-22-41(37)53(42-23-9-5-19-38(42)49)54-43-24-10-6-20-39(43)50(40-21-7-11-25-44(40)54)36-30-31-48-47(32-36)55-45-26-12-16-34-28-29-35-17-13-27-46(56(55)57-48)52(35)51(34)45/h1-32H. The lowest BCUT2D eigenvalue weighted by Crippen LogP contribution is -1.94. The van der Waals surface area contributed by atoms with Crippen LogP contribution in [-0.4, -0.2) is 0 Å². The fraction of sp³-hybridized carbons (Fsp3) is 0. The molecule has 0 spiro atoms. The third-order valence-corrected chi connectivity index (χ3v) is 12.6. The van der Waals surface area contributed by atoms with Crippen LogP contribution in [0.2, 0.25) is 0 Å². The van der Waals surface area contributed by atoms with E-state index < -0.39 is 0 Å². The van der Waals surface area contributed by atoms with Gasteiger partial charge in [-0.2, -0.15) is 0 Å². The van der Waals surface area contributed by atoms with Crippen molar-refractivity contribution in [1.29, 1.82) is 0 Å². The van der Waals surface area contributed by atoms with Crippen LogP contribution in [0.4, 0.5) is 0 Å². The summed E-state index contributed by atoms with van der Waals surface area (Å²) in [6.07, 6.45) is 0. The molecule has 0 radical (unpaired) electrons. The maximum absolute atomic E-state index is 6.83. The Morgan fingerprint density at radius 2 is 0.667 bits per heavy atom. The molecule has 1 nitrogen and oxygen atoms in total. The van der Waals surface area contributed by atoms with Gasteiger partial charge in [0.25, 0.3) is 0 Å². The van der Waals surface area contributed by atoms with Crippen LogP contribution >= 0.6 is 0 Å². The van der Waals surface area contributed by atoms with E-state index in [2.05, 4.69) is 194 Å². The molecule has 0 saturated carbocycles. The van der Waals surface area contributed by atoms with Gasteiger partial charge in [-0.1, -0.05) is 182 Å². The minimum Gasteiger partial charge on any atom is -0.455 e. The van der Waals surface area contributed by atoms with Crippen LogP contribution in [0.15, 0.2) is 199 Å². The SMILES string of the molecule is c1ccc(-c2c3ccccc3c(-c3c4ccccc4c(-c4ccc5oc6c7cccc8ccc9cccc(c6c5c4)c9c87)c4ccccc34)c3ccccc23)cc1. The van der Waals surface area contributed by atoms with Crippen molar-refractivity contribution in [3.05, 3.63) is 194 Å². The van der Waals surface area contributed by atoms with E-state index in [0.717, 1.165) is 16.6 Å². The quantitative estimate of drug-likeness (QED) is 0.131. The van der Waals surface area contributed by atoms with Gasteiger partial charge in [0, 0.05) is 21.5 Å². The second-order valence-electron chi connectivity index (χ2n) is 15.4. The van der Waals surface area contributed by atoms with Gasteiger partial charge in [-0.05, 0) is 110 Å². The van der Waals surface area contributed by atoms with E-state index in [0.29, 0.717) is 0 Å². The smallest absolute Gasteiger partial charge is 0.143 e. The monoisotopic (exact) mass is 720 g/mol. The number of hydrogen-bond donors (Lipinski definition) is 0. The largest absolute Gasteiger partial charge is 0.455 e. The Balaban J connectivity index is 1.15. The Labute approximate surface area is 328 Å². The molecule has 0 bridgehead atoms. The Hall–Kier alpha value is -7.48. The van der Waals surface area contributed by atoms with Crippen LogP contribution < -0.4 is 0 Å². The third kappa shape index (κ3) is 4.18. The maximum atomic E-state index is 6.83. The average molecular weight is 721 g/mol. The van der Waals surface area contributed by atoms with Crippen molar-refractivity contribution in [2.45, 2.75) is 0 Å². The first-order valence-electron chi connectivity index (χ1n) is 19.8. The van der Waals surface area contributed by atoms with Crippen molar-refractivity contribution in [2.75, 3.05) is 0 Å². The first-order valence-corrected chi connectivity index (χ1v) is 19.8. The van der Waals surface area contributed by atoms with Gasteiger partial charge in [0.15, 0.2) is 0 Å². The van der Waals surface area contributed by atoms with E-state index >= 15 is 0 Å². The molecule has 1 heteroatoms. The average Bonchev–Trinajstić information content (AvgIpc) is 3.67. The van der Waals surface area contributed by atoms with Gasteiger partial charge >= 0.3 is 0 Å². The first kappa shape index (κ1) is 30.8. The molecule has 0 saturated heterocycles. The predicted octanol–water partition coefficient (Wildman–Crippen LogP) is 16.1. The molecule has 13 rings (SSSR count). The number of rotatable bonds is 3. The fourth-order valence-corrected chi connectivity index (χ4v) is 10.3. The molecule has 13 aromatic rings. The number of hydrogen-bond acceptors (Lipinski definition) is 1. The molecular weight excluding hydrogens is 689 g/mol. The van der Waals surface area contributed by atoms with Crippen molar-refractivity contribution >= 4 is 97.3 Å². The van der Waals surface area contributed by atoms with Crippen molar-refractivity contribution in [1.82, 2.24) is 0 Å². The molecule has 0 aliphatic heterocycles. The minimum absolute atomic E-state index is 0.909. The highest BCUT2D eigenvalue weighted by atomic mass is 16.3. The normalized spacial score (nSPS) is 12.2. The molecule has 262 valence electrons. The summed E-state index contributed by atoms with van der Waals surface area (Å²) in [5, 5.41) is 19.8. The zero-order valence-corrected chi connectivity index (χ0v) is 30.9. The fourth-order valence-electron chi connectivity index (χ4n) is 10.3. The Morgan fingerprint density at radius 3 is 1.19 bits per heavy atom. The van der Waals surface area contributed by atoms with Gasteiger partial charge < -0.3 is 4.42 Å². The van der Waals surface area contributed by atoms with Crippen LogP contribution in [-0.2, 0) is 0 Å². The highest BCUT2D eigenvalue weighted by molar-refractivity contribution is 6.37. The summed E-state index contributed by atoms with van der Waals surface area (Å²) in [4.78, 5) is 0. The summed E-state index contributed by atoms with van der Waals surface area (Å²) in [5.74, 6) is 0. The van der Waals surface area contributed by atoms with Crippen LogP contribution in [0.1, 0.15) is 0 Å². The molecular formula is C56H32O. The first-order chi connectivity index (χ1) is 28.3. The number of furan rings is 1. The second kappa shape index (κ2) is 11.5. The highest BCUT2D eigenvalue weighted by Crippen LogP contribution is 2.51. The Kier molecular flexibility index (Phi) is 6.23. The minimum atomic E-state index is 0.909. The third-order valence-electron chi connectivity index (χ3n) is 12.6.